The van der Waals surface area contributed by atoms with Gasteiger partial charge in [-0.3, -0.25) is 14.5 Å². The van der Waals surface area contributed by atoms with Crippen molar-refractivity contribution in [3.05, 3.63) is 35.4 Å². The quantitative estimate of drug-likeness (QED) is 0.561. The molecule has 29 heavy (non-hydrogen) atoms. The van der Waals surface area contributed by atoms with E-state index in [2.05, 4.69) is 10.2 Å². The highest BCUT2D eigenvalue weighted by atomic mass is 16.6. The second kappa shape index (κ2) is 8.95. The van der Waals surface area contributed by atoms with Crippen molar-refractivity contribution >= 4 is 17.9 Å². The maximum Gasteiger partial charge on any atom is 0.407 e. The van der Waals surface area contributed by atoms with Crippen LogP contribution in [0.3, 0.4) is 0 Å². The van der Waals surface area contributed by atoms with E-state index < -0.39 is 5.60 Å². The average molecular weight is 402 g/mol. The van der Waals surface area contributed by atoms with Crippen LogP contribution in [0, 0.1) is 5.92 Å². The van der Waals surface area contributed by atoms with Gasteiger partial charge in [-0.05, 0) is 71.2 Å². The number of rotatable bonds is 7. The number of likely N-dealkylation sites (tertiary alicyclic amines) is 1. The molecule has 1 unspecified atom stereocenters. The van der Waals surface area contributed by atoms with Gasteiger partial charge in [-0.2, -0.15) is 0 Å². The van der Waals surface area contributed by atoms with E-state index in [0.29, 0.717) is 30.1 Å². The lowest BCUT2D eigenvalue weighted by molar-refractivity contribution is 0.0518. The normalized spacial score (nSPS) is 19.6. The predicted octanol–water partition coefficient (Wildman–Crippen LogP) is 2.91. The zero-order chi connectivity index (χ0) is 21.0. The summed E-state index contributed by atoms with van der Waals surface area (Å²) in [6.45, 7) is 9.54. The molecule has 1 N–H and O–H groups in total. The van der Waals surface area contributed by atoms with E-state index in [1.165, 1.54) is 4.90 Å². The van der Waals surface area contributed by atoms with Gasteiger partial charge in [-0.15, -0.1) is 0 Å². The van der Waals surface area contributed by atoms with Crippen molar-refractivity contribution in [3.8, 4) is 0 Å². The molecule has 2 aliphatic heterocycles. The number of benzene rings is 1. The van der Waals surface area contributed by atoms with Crippen LogP contribution in [0.25, 0.3) is 0 Å². The van der Waals surface area contributed by atoms with Crippen LogP contribution in [0.1, 0.15) is 60.7 Å². The largest absolute Gasteiger partial charge is 0.444 e. The minimum atomic E-state index is -0.481. The lowest BCUT2D eigenvalue weighted by atomic mass is 10.1. The fourth-order valence-corrected chi connectivity index (χ4v) is 3.87. The highest BCUT2D eigenvalue weighted by Crippen LogP contribution is 2.23. The number of nitrogens with one attached hydrogen (secondary N) is 1. The Hall–Kier alpha value is -2.41. The van der Waals surface area contributed by atoms with E-state index in [0.717, 1.165) is 38.9 Å². The Bertz CT molecular complexity index is 737. The molecule has 0 saturated carbocycles. The Morgan fingerprint density at radius 3 is 2.34 bits per heavy atom. The highest BCUT2D eigenvalue weighted by Gasteiger charge is 2.34. The van der Waals surface area contributed by atoms with Gasteiger partial charge in [-0.25, -0.2) is 4.79 Å². The molecule has 1 saturated heterocycles. The van der Waals surface area contributed by atoms with Gasteiger partial charge >= 0.3 is 6.09 Å². The smallest absolute Gasteiger partial charge is 0.407 e. The van der Waals surface area contributed by atoms with E-state index >= 15 is 0 Å². The maximum atomic E-state index is 12.4. The van der Waals surface area contributed by atoms with Crippen LogP contribution < -0.4 is 5.32 Å². The summed E-state index contributed by atoms with van der Waals surface area (Å²) in [6, 6.07) is 7.00. The molecule has 0 aromatic heterocycles. The Morgan fingerprint density at radius 2 is 1.72 bits per heavy atom. The standard InChI is InChI=1S/C22H31N3O4/c1-22(2,3)29-21(28)23-14-16-10-13-24(15-16)11-6-7-12-25-19(26)17-8-4-5-9-18(17)20(25)27/h4-5,8-9,16H,6-7,10-15H2,1-3H3,(H,23,28). The number of alkyl carbamates (subject to hydrolysis) is 1. The molecule has 0 aliphatic carbocycles. The molecule has 3 rings (SSSR count). The Morgan fingerprint density at radius 1 is 1.10 bits per heavy atom. The van der Waals surface area contributed by atoms with Gasteiger partial charge in [0.05, 0.1) is 11.1 Å². The number of carbonyl (C=O) groups is 3. The van der Waals surface area contributed by atoms with Crippen molar-refractivity contribution in [1.29, 1.82) is 0 Å². The van der Waals surface area contributed by atoms with Crippen LogP contribution in [0.5, 0.6) is 0 Å². The molecule has 0 spiro atoms. The number of unbranched alkanes of at least 4 members (excludes halogenated alkanes) is 1. The maximum absolute atomic E-state index is 12.4. The molecule has 2 heterocycles. The summed E-state index contributed by atoms with van der Waals surface area (Å²) >= 11 is 0. The molecule has 1 fully saturated rings. The second-order valence-electron chi connectivity index (χ2n) is 8.85. The van der Waals surface area contributed by atoms with Gasteiger partial charge in [0.15, 0.2) is 0 Å². The zero-order valence-corrected chi connectivity index (χ0v) is 17.6. The molecule has 1 aromatic rings. The van der Waals surface area contributed by atoms with Crippen molar-refractivity contribution in [2.75, 3.05) is 32.7 Å². The topological polar surface area (TPSA) is 79.0 Å². The number of hydrogen-bond donors (Lipinski definition) is 1. The van der Waals surface area contributed by atoms with E-state index in [-0.39, 0.29) is 17.9 Å². The molecule has 1 atom stereocenters. The molecule has 158 valence electrons. The van der Waals surface area contributed by atoms with Crippen LogP contribution in [0.2, 0.25) is 0 Å². The van der Waals surface area contributed by atoms with Crippen LogP contribution in [0.15, 0.2) is 24.3 Å². The minimum absolute atomic E-state index is 0.181. The monoisotopic (exact) mass is 401 g/mol. The first-order chi connectivity index (χ1) is 13.7. The molecule has 3 amide bonds. The second-order valence-corrected chi connectivity index (χ2v) is 8.85. The third kappa shape index (κ3) is 5.56. The summed E-state index contributed by atoms with van der Waals surface area (Å²) in [5.41, 5.74) is 0.542. The minimum Gasteiger partial charge on any atom is -0.444 e. The summed E-state index contributed by atoms with van der Waals surface area (Å²) in [5, 5.41) is 2.86. The van der Waals surface area contributed by atoms with Gasteiger partial charge in [0.1, 0.15) is 5.60 Å². The summed E-state index contributed by atoms with van der Waals surface area (Å²) in [7, 11) is 0. The number of amides is 3. The predicted molar refractivity (Wildman–Crippen MR) is 110 cm³/mol. The Balaban J connectivity index is 1.33. The van der Waals surface area contributed by atoms with Crippen LogP contribution in [-0.4, -0.2) is 66.0 Å². The summed E-state index contributed by atoms with van der Waals surface area (Å²) in [6.07, 6.45) is 2.41. The van der Waals surface area contributed by atoms with Crippen molar-refractivity contribution < 1.29 is 19.1 Å². The molecule has 2 aliphatic rings. The molecular weight excluding hydrogens is 370 g/mol. The van der Waals surface area contributed by atoms with Gasteiger partial charge in [0.25, 0.3) is 11.8 Å². The summed E-state index contributed by atoms with van der Waals surface area (Å²) in [5.74, 6) is 0.0684. The van der Waals surface area contributed by atoms with E-state index in [4.69, 9.17) is 4.74 Å². The third-order valence-corrected chi connectivity index (χ3v) is 5.29. The molecule has 1 aromatic carbocycles. The zero-order valence-electron chi connectivity index (χ0n) is 17.6. The third-order valence-electron chi connectivity index (χ3n) is 5.29. The Kier molecular flexibility index (Phi) is 6.57. The SMILES string of the molecule is CC(C)(C)OC(=O)NCC1CCN(CCCCN2C(=O)c3ccccc3C2=O)C1. The van der Waals surface area contributed by atoms with Crippen molar-refractivity contribution in [3.63, 3.8) is 0 Å². The number of nitrogens with zero attached hydrogens (tertiary/aromatic N) is 2. The fourth-order valence-electron chi connectivity index (χ4n) is 3.87. The number of fused-ring (bicyclic) bond motifs is 1. The first-order valence-corrected chi connectivity index (χ1v) is 10.4. The highest BCUT2D eigenvalue weighted by molar-refractivity contribution is 6.21. The Labute approximate surface area is 172 Å². The lowest BCUT2D eigenvalue weighted by Gasteiger charge is -2.21. The van der Waals surface area contributed by atoms with Gasteiger partial charge in [0, 0.05) is 19.6 Å². The molecule has 0 bridgehead atoms. The van der Waals surface area contributed by atoms with Crippen LogP contribution in [-0.2, 0) is 4.74 Å². The van der Waals surface area contributed by atoms with E-state index in [1.807, 2.05) is 20.8 Å². The summed E-state index contributed by atoms with van der Waals surface area (Å²) < 4.78 is 5.27. The van der Waals surface area contributed by atoms with Gasteiger partial charge < -0.3 is 15.0 Å². The number of imide groups is 1. The molecule has 7 heteroatoms. The first kappa shape index (κ1) is 21.3. The van der Waals surface area contributed by atoms with Crippen molar-refractivity contribution in [1.82, 2.24) is 15.1 Å². The number of carbonyl (C=O) groups excluding carboxylic acids is 3. The number of ether oxygens (including phenoxy) is 1. The summed E-state index contributed by atoms with van der Waals surface area (Å²) in [4.78, 5) is 40.2. The van der Waals surface area contributed by atoms with E-state index in [9.17, 15) is 14.4 Å². The molecule has 0 radical (unpaired) electrons. The lowest BCUT2D eigenvalue weighted by Crippen LogP contribution is -2.36. The van der Waals surface area contributed by atoms with Gasteiger partial charge in [-0.1, -0.05) is 12.1 Å². The van der Waals surface area contributed by atoms with E-state index in [1.54, 1.807) is 24.3 Å². The average Bonchev–Trinajstić information content (AvgIpc) is 3.20. The number of hydrogen-bond acceptors (Lipinski definition) is 5. The van der Waals surface area contributed by atoms with Crippen LogP contribution >= 0.6 is 0 Å². The first-order valence-electron chi connectivity index (χ1n) is 10.4. The molecular formula is C22H31N3O4. The fraction of sp³-hybridized carbons (Fsp3) is 0.591. The van der Waals surface area contributed by atoms with Crippen molar-refractivity contribution in [2.45, 2.75) is 45.6 Å². The molecule has 7 nitrogen and oxygen atoms in total. The van der Waals surface area contributed by atoms with Crippen molar-refractivity contribution in [2.24, 2.45) is 5.92 Å². The van der Waals surface area contributed by atoms with Crippen LogP contribution in [0.4, 0.5) is 4.79 Å². The van der Waals surface area contributed by atoms with Gasteiger partial charge in [0.2, 0.25) is 0 Å².